The summed E-state index contributed by atoms with van der Waals surface area (Å²) in [5, 5.41) is 4.96. The number of imide groups is 1. The van der Waals surface area contributed by atoms with Gasteiger partial charge in [0.05, 0.1) is 25.0 Å². The zero-order valence-electron chi connectivity index (χ0n) is 19.4. The zero-order valence-corrected chi connectivity index (χ0v) is 19.4. The molecule has 6 heteroatoms. The lowest BCUT2D eigenvalue weighted by Crippen LogP contribution is -2.32. The number of para-hydroxylation sites is 1. The number of methoxy groups -OCH3 is 1. The molecule has 35 heavy (non-hydrogen) atoms. The molecule has 1 heterocycles. The van der Waals surface area contributed by atoms with Crippen molar-refractivity contribution in [3.05, 3.63) is 102 Å². The van der Waals surface area contributed by atoms with Gasteiger partial charge in [-0.2, -0.15) is 0 Å². The van der Waals surface area contributed by atoms with Gasteiger partial charge in [0.2, 0.25) is 0 Å². The normalized spacial score (nSPS) is 13.5. The van der Waals surface area contributed by atoms with E-state index in [9.17, 15) is 9.59 Å². The highest BCUT2D eigenvalue weighted by Gasteiger charge is 2.41. The number of anilines is 2. The molecule has 0 bridgehead atoms. The van der Waals surface area contributed by atoms with Crippen LogP contribution < -0.4 is 19.7 Å². The standard InChI is InChI=1S/C29H24N2O4/c1-3-35-21-13-9-12-20(18-21)30-27-26(23-15-6-7-17-25(23)34-2)28(32)31(29(27)33)24-16-8-11-19-10-4-5-14-22(19)24/h4-18,30H,3H2,1-2H3. The van der Waals surface area contributed by atoms with Gasteiger partial charge in [0, 0.05) is 22.7 Å². The number of rotatable bonds is 7. The summed E-state index contributed by atoms with van der Waals surface area (Å²) in [6.07, 6.45) is 0. The molecule has 6 nitrogen and oxygen atoms in total. The number of carbonyl (C=O) groups is 2. The van der Waals surface area contributed by atoms with Gasteiger partial charge < -0.3 is 14.8 Å². The second-order valence-electron chi connectivity index (χ2n) is 7.98. The molecular weight excluding hydrogens is 440 g/mol. The molecule has 4 aromatic carbocycles. The molecule has 0 aliphatic carbocycles. The minimum Gasteiger partial charge on any atom is -0.496 e. The molecule has 1 aliphatic heterocycles. The Labute approximate surface area is 203 Å². The Morgan fingerprint density at radius 3 is 2.40 bits per heavy atom. The third-order valence-electron chi connectivity index (χ3n) is 5.88. The third-order valence-corrected chi connectivity index (χ3v) is 5.88. The minimum atomic E-state index is -0.436. The molecule has 5 rings (SSSR count). The molecule has 0 aromatic heterocycles. The summed E-state index contributed by atoms with van der Waals surface area (Å²) in [6, 6.07) is 27.8. The van der Waals surface area contributed by atoms with Crippen molar-refractivity contribution in [2.75, 3.05) is 23.9 Å². The topological polar surface area (TPSA) is 67.9 Å². The van der Waals surface area contributed by atoms with E-state index in [0.717, 1.165) is 10.8 Å². The van der Waals surface area contributed by atoms with E-state index in [1.165, 1.54) is 4.90 Å². The van der Waals surface area contributed by atoms with Crippen molar-refractivity contribution >= 4 is 39.5 Å². The van der Waals surface area contributed by atoms with E-state index in [4.69, 9.17) is 9.47 Å². The number of fused-ring (bicyclic) bond motifs is 1. The van der Waals surface area contributed by atoms with Crippen LogP contribution in [0.3, 0.4) is 0 Å². The van der Waals surface area contributed by atoms with Gasteiger partial charge in [0.15, 0.2) is 0 Å². The molecule has 174 valence electrons. The van der Waals surface area contributed by atoms with Crippen LogP contribution >= 0.6 is 0 Å². The molecule has 1 aliphatic rings. The fourth-order valence-corrected chi connectivity index (χ4v) is 4.34. The lowest BCUT2D eigenvalue weighted by Gasteiger charge is -2.18. The zero-order chi connectivity index (χ0) is 24.4. The Hall–Kier alpha value is -4.58. The Morgan fingerprint density at radius 1 is 0.829 bits per heavy atom. The Morgan fingerprint density at radius 2 is 1.57 bits per heavy atom. The number of benzene rings is 4. The highest BCUT2D eigenvalue weighted by Crippen LogP contribution is 2.39. The monoisotopic (exact) mass is 464 g/mol. The number of hydrogen-bond donors (Lipinski definition) is 1. The van der Waals surface area contributed by atoms with Crippen LogP contribution in [-0.2, 0) is 9.59 Å². The summed E-state index contributed by atoms with van der Waals surface area (Å²) in [5.41, 5.74) is 2.15. The second kappa shape index (κ2) is 9.35. The lowest BCUT2D eigenvalue weighted by molar-refractivity contribution is -0.120. The molecule has 0 atom stereocenters. The van der Waals surface area contributed by atoms with E-state index in [0.29, 0.717) is 35.0 Å². The fraction of sp³-hybridized carbons (Fsp3) is 0.103. The highest BCUT2D eigenvalue weighted by molar-refractivity contribution is 6.47. The maximum atomic E-state index is 13.9. The number of amides is 2. The fourth-order valence-electron chi connectivity index (χ4n) is 4.34. The van der Waals surface area contributed by atoms with Crippen molar-refractivity contribution in [3.8, 4) is 11.5 Å². The Kier molecular flexibility index (Phi) is 5.94. The Balaban J connectivity index is 1.66. The van der Waals surface area contributed by atoms with E-state index in [1.54, 1.807) is 31.4 Å². The van der Waals surface area contributed by atoms with Gasteiger partial charge >= 0.3 is 0 Å². The van der Waals surface area contributed by atoms with Gasteiger partial charge in [0.1, 0.15) is 17.2 Å². The first kappa shape index (κ1) is 22.2. The second-order valence-corrected chi connectivity index (χ2v) is 7.98. The SMILES string of the molecule is CCOc1cccc(NC2=C(c3ccccc3OC)C(=O)N(c3cccc4ccccc34)C2=O)c1. The van der Waals surface area contributed by atoms with Crippen molar-refractivity contribution < 1.29 is 19.1 Å². The largest absolute Gasteiger partial charge is 0.496 e. The summed E-state index contributed by atoms with van der Waals surface area (Å²) in [4.78, 5) is 29.0. The molecule has 1 N–H and O–H groups in total. The molecule has 4 aromatic rings. The average molecular weight is 465 g/mol. The molecule has 2 amide bonds. The number of ether oxygens (including phenoxy) is 2. The predicted molar refractivity (Wildman–Crippen MR) is 138 cm³/mol. The third kappa shape index (κ3) is 3.99. The molecule has 0 unspecified atom stereocenters. The summed E-state index contributed by atoms with van der Waals surface area (Å²) in [5.74, 6) is 0.318. The first-order valence-corrected chi connectivity index (χ1v) is 11.4. The van der Waals surface area contributed by atoms with Crippen LogP contribution in [0.1, 0.15) is 12.5 Å². The van der Waals surface area contributed by atoms with Crippen molar-refractivity contribution in [3.63, 3.8) is 0 Å². The molecule has 0 saturated heterocycles. The summed E-state index contributed by atoms with van der Waals surface area (Å²) in [6.45, 7) is 2.43. The molecular formula is C29H24N2O4. The van der Waals surface area contributed by atoms with Crippen molar-refractivity contribution in [1.82, 2.24) is 0 Å². The quantitative estimate of drug-likeness (QED) is 0.358. The average Bonchev–Trinajstić information content (AvgIpc) is 3.12. The highest BCUT2D eigenvalue weighted by atomic mass is 16.5. The van der Waals surface area contributed by atoms with Gasteiger partial charge in [0.25, 0.3) is 11.8 Å². The smallest absolute Gasteiger partial charge is 0.282 e. The van der Waals surface area contributed by atoms with E-state index < -0.39 is 11.8 Å². The predicted octanol–water partition coefficient (Wildman–Crippen LogP) is 5.64. The Bertz CT molecular complexity index is 1470. The summed E-state index contributed by atoms with van der Waals surface area (Å²) >= 11 is 0. The van der Waals surface area contributed by atoms with Crippen molar-refractivity contribution in [2.24, 2.45) is 0 Å². The molecule has 0 saturated carbocycles. The van der Waals surface area contributed by atoms with E-state index in [-0.39, 0.29) is 11.3 Å². The van der Waals surface area contributed by atoms with Gasteiger partial charge in [-0.05, 0) is 36.6 Å². The summed E-state index contributed by atoms with van der Waals surface area (Å²) in [7, 11) is 1.54. The lowest BCUT2D eigenvalue weighted by atomic mass is 10.0. The minimum absolute atomic E-state index is 0.182. The number of hydrogen-bond acceptors (Lipinski definition) is 5. The van der Waals surface area contributed by atoms with E-state index in [2.05, 4.69) is 5.32 Å². The van der Waals surface area contributed by atoms with Crippen LogP contribution in [0.15, 0.2) is 96.7 Å². The first-order chi connectivity index (χ1) is 17.1. The maximum Gasteiger partial charge on any atom is 0.282 e. The van der Waals surface area contributed by atoms with Crippen LogP contribution in [0.5, 0.6) is 11.5 Å². The molecule has 0 spiro atoms. The van der Waals surface area contributed by atoms with Crippen LogP contribution in [0.25, 0.3) is 16.3 Å². The van der Waals surface area contributed by atoms with Crippen LogP contribution in [0.4, 0.5) is 11.4 Å². The maximum absolute atomic E-state index is 13.9. The van der Waals surface area contributed by atoms with Gasteiger partial charge in [-0.15, -0.1) is 0 Å². The van der Waals surface area contributed by atoms with Gasteiger partial charge in [-0.1, -0.05) is 60.7 Å². The first-order valence-electron chi connectivity index (χ1n) is 11.4. The van der Waals surface area contributed by atoms with Crippen molar-refractivity contribution in [2.45, 2.75) is 6.92 Å². The number of nitrogens with one attached hydrogen (secondary N) is 1. The van der Waals surface area contributed by atoms with Crippen LogP contribution in [-0.4, -0.2) is 25.5 Å². The van der Waals surface area contributed by atoms with Crippen molar-refractivity contribution in [1.29, 1.82) is 0 Å². The number of nitrogens with zero attached hydrogens (tertiary/aromatic N) is 1. The van der Waals surface area contributed by atoms with Crippen LogP contribution in [0.2, 0.25) is 0 Å². The molecule has 0 fully saturated rings. The van der Waals surface area contributed by atoms with E-state index in [1.807, 2.05) is 73.7 Å². The summed E-state index contributed by atoms with van der Waals surface area (Å²) < 4.78 is 11.1. The van der Waals surface area contributed by atoms with Gasteiger partial charge in [-0.3, -0.25) is 9.59 Å². The van der Waals surface area contributed by atoms with Crippen LogP contribution in [0, 0.1) is 0 Å². The van der Waals surface area contributed by atoms with E-state index >= 15 is 0 Å². The number of carbonyl (C=O) groups excluding carboxylic acids is 2. The van der Waals surface area contributed by atoms with Gasteiger partial charge in [-0.25, -0.2) is 4.90 Å². The molecule has 0 radical (unpaired) electrons.